The summed E-state index contributed by atoms with van der Waals surface area (Å²) in [6, 6.07) is 8.32. The van der Waals surface area contributed by atoms with E-state index >= 15 is 0 Å². The van der Waals surface area contributed by atoms with E-state index < -0.39 is 32.7 Å². The van der Waals surface area contributed by atoms with E-state index in [0.717, 1.165) is 12.1 Å². The Morgan fingerprint density at radius 3 is 2.16 bits per heavy atom. The molecule has 13 heteroatoms. The van der Waals surface area contributed by atoms with Gasteiger partial charge in [-0.1, -0.05) is 11.6 Å². The predicted octanol–water partition coefficient (Wildman–Crippen LogP) is 2.91. The topological polar surface area (TPSA) is 122 Å². The third-order valence-corrected chi connectivity index (χ3v) is 5.42. The number of halogens is 4. The van der Waals surface area contributed by atoms with Crippen molar-refractivity contribution in [2.45, 2.75) is 17.5 Å². The highest BCUT2D eigenvalue weighted by Crippen LogP contribution is 2.36. The highest BCUT2D eigenvalue weighted by Gasteiger charge is 2.33. The Labute approximate surface area is 187 Å². The number of likely N-dealkylation sites (N-methyl/N-ethyl adjacent to an activating group) is 1. The van der Waals surface area contributed by atoms with Gasteiger partial charge in [0.15, 0.2) is 0 Å². The molecule has 0 atom stereocenters. The zero-order valence-electron chi connectivity index (χ0n) is 16.7. The molecule has 0 spiro atoms. The molecule has 0 radical (unpaired) electrons. The maximum Gasteiger partial charge on any atom is 0.417 e. The molecule has 2 aromatic rings. The summed E-state index contributed by atoms with van der Waals surface area (Å²) in [5.41, 5.74) is -0.745. The molecule has 4 N–H and O–H groups in total. The molecular weight excluding hydrogens is 473 g/mol. The van der Waals surface area contributed by atoms with Gasteiger partial charge in [-0.15, -0.1) is 0 Å². The first-order valence-corrected chi connectivity index (χ1v) is 11.0. The molecule has 32 heavy (non-hydrogen) atoms. The number of hydrogen-bond acceptors (Lipinski definition) is 5. The largest absolute Gasteiger partial charge is 0.417 e. The third kappa shape index (κ3) is 7.79. The molecule has 2 aromatic carbocycles. The van der Waals surface area contributed by atoms with E-state index in [0.29, 0.717) is 5.69 Å². The van der Waals surface area contributed by atoms with E-state index in [1.54, 1.807) is 7.05 Å². The molecule has 0 fully saturated rings. The van der Waals surface area contributed by atoms with Crippen molar-refractivity contribution < 1.29 is 31.2 Å². The summed E-state index contributed by atoms with van der Waals surface area (Å²) < 4.78 is 61.2. The fourth-order valence-electron chi connectivity index (χ4n) is 2.59. The Balaban J connectivity index is 1.83. The van der Waals surface area contributed by atoms with Crippen molar-refractivity contribution in [2.24, 2.45) is 5.14 Å². The van der Waals surface area contributed by atoms with Crippen molar-refractivity contribution in [3.05, 3.63) is 53.1 Å². The van der Waals surface area contributed by atoms with Gasteiger partial charge in [0.2, 0.25) is 21.8 Å². The standard InChI is InChI=1S/C19H20ClF3N4O4S/c1-27(9-8-17(28)25-12-2-5-14(6-3-12)32(24,30)31)11-18(29)26-13-4-7-16(20)15(10-13)19(21,22)23/h2-7,10H,8-9,11H2,1H3,(H,25,28)(H,26,29)(H2,24,30,31). The fourth-order valence-corrected chi connectivity index (χ4v) is 3.33. The average Bonchev–Trinajstić information content (AvgIpc) is 2.66. The summed E-state index contributed by atoms with van der Waals surface area (Å²) in [5, 5.41) is 9.46. The normalized spacial score (nSPS) is 12.0. The second kappa shape index (κ2) is 10.3. The minimum absolute atomic E-state index is 0.0138. The summed E-state index contributed by atoms with van der Waals surface area (Å²) in [4.78, 5) is 25.5. The summed E-state index contributed by atoms with van der Waals surface area (Å²) in [6.07, 6.45) is -4.64. The number of nitrogens with two attached hydrogens (primary N) is 1. The van der Waals surface area contributed by atoms with Crippen molar-refractivity contribution in [3.8, 4) is 0 Å². The van der Waals surface area contributed by atoms with Gasteiger partial charge >= 0.3 is 6.18 Å². The Hall–Kier alpha value is -2.67. The molecule has 0 unspecified atom stereocenters. The van der Waals surface area contributed by atoms with Crippen LogP contribution in [0.4, 0.5) is 24.5 Å². The Bertz CT molecular complexity index is 1090. The maximum atomic E-state index is 12.9. The summed E-state index contributed by atoms with van der Waals surface area (Å²) in [6.45, 7) is 0.0171. The zero-order chi connectivity index (χ0) is 24.1. The van der Waals surface area contributed by atoms with Gasteiger partial charge < -0.3 is 10.6 Å². The van der Waals surface area contributed by atoms with Gasteiger partial charge in [0.1, 0.15) is 0 Å². The SMILES string of the molecule is CN(CCC(=O)Nc1ccc(S(N)(=O)=O)cc1)CC(=O)Nc1ccc(Cl)c(C(F)(F)F)c1. The van der Waals surface area contributed by atoms with Crippen LogP contribution in [0, 0.1) is 0 Å². The molecule has 0 bridgehead atoms. The van der Waals surface area contributed by atoms with Crippen LogP contribution >= 0.6 is 11.6 Å². The van der Waals surface area contributed by atoms with Crippen LogP contribution in [0.1, 0.15) is 12.0 Å². The van der Waals surface area contributed by atoms with Crippen molar-refractivity contribution in [3.63, 3.8) is 0 Å². The van der Waals surface area contributed by atoms with E-state index in [1.807, 2.05) is 0 Å². The second-order valence-corrected chi connectivity index (χ2v) is 8.81. The molecule has 0 aliphatic heterocycles. The first kappa shape index (κ1) is 25.6. The highest BCUT2D eigenvalue weighted by atomic mass is 35.5. The van der Waals surface area contributed by atoms with Gasteiger partial charge in [-0.2, -0.15) is 13.2 Å². The molecule has 174 valence electrons. The number of anilines is 2. The van der Waals surface area contributed by atoms with E-state index in [4.69, 9.17) is 16.7 Å². The maximum absolute atomic E-state index is 12.9. The smallest absolute Gasteiger partial charge is 0.326 e. The molecule has 0 aliphatic rings. The molecule has 0 saturated carbocycles. The predicted molar refractivity (Wildman–Crippen MR) is 114 cm³/mol. The summed E-state index contributed by atoms with van der Waals surface area (Å²) >= 11 is 5.55. The molecule has 2 amide bonds. The van der Waals surface area contributed by atoms with Gasteiger partial charge in [-0.3, -0.25) is 14.5 Å². The van der Waals surface area contributed by atoms with Gasteiger partial charge in [-0.25, -0.2) is 13.6 Å². The monoisotopic (exact) mass is 492 g/mol. The summed E-state index contributed by atoms with van der Waals surface area (Å²) in [5.74, 6) is -0.949. The van der Waals surface area contributed by atoms with Crippen LogP contribution in [0.5, 0.6) is 0 Å². The third-order valence-electron chi connectivity index (χ3n) is 4.16. The van der Waals surface area contributed by atoms with Crippen molar-refractivity contribution in [1.29, 1.82) is 0 Å². The lowest BCUT2D eigenvalue weighted by molar-refractivity contribution is -0.137. The minimum atomic E-state index is -4.65. The number of sulfonamides is 1. The van der Waals surface area contributed by atoms with Gasteiger partial charge in [0, 0.05) is 24.3 Å². The molecule has 0 saturated heterocycles. The van der Waals surface area contributed by atoms with Crippen molar-refractivity contribution in [1.82, 2.24) is 4.90 Å². The number of rotatable bonds is 8. The van der Waals surface area contributed by atoms with Crippen LogP contribution in [-0.2, 0) is 25.8 Å². The van der Waals surface area contributed by atoms with Crippen molar-refractivity contribution >= 4 is 44.8 Å². The lowest BCUT2D eigenvalue weighted by Gasteiger charge is -2.17. The Morgan fingerprint density at radius 1 is 1.03 bits per heavy atom. The number of hydrogen-bond donors (Lipinski definition) is 3. The number of primary sulfonamides is 1. The lowest BCUT2D eigenvalue weighted by Crippen LogP contribution is -2.32. The van der Waals surface area contributed by atoms with Crippen LogP contribution in [-0.4, -0.2) is 45.3 Å². The van der Waals surface area contributed by atoms with Crippen LogP contribution in [0.3, 0.4) is 0 Å². The number of nitrogens with zero attached hydrogens (tertiary/aromatic N) is 1. The number of alkyl halides is 3. The number of carbonyl (C=O) groups excluding carboxylic acids is 2. The van der Waals surface area contributed by atoms with Crippen LogP contribution in [0.15, 0.2) is 47.4 Å². The lowest BCUT2D eigenvalue weighted by atomic mass is 10.2. The fraction of sp³-hybridized carbons (Fsp3) is 0.263. The van der Waals surface area contributed by atoms with Crippen LogP contribution < -0.4 is 15.8 Å². The van der Waals surface area contributed by atoms with Crippen LogP contribution in [0.25, 0.3) is 0 Å². The number of nitrogens with one attached hydrogen (secondary N) is 2. The zero-order valence-corrected chi connectivity index (χ0v) is 18.3. The van der Waals surface area contributed by atoms with E-state index in [-0.39, 0.29) is 36.0 Å². The van der Waals surface area contributed by atoms with Gasteiger partial charge in [-0.05, 0) is 49.5 Å². The molecule has 0 aromatic heterocycles. The van der Waals surface area contributed by atoms with E-state index in [9.17, 15) is 31.2 Å². The number of benzene rings is 2. The molecular formula is C19H20ClF3N4O4S. The number of carbonyl (C=O) groups is 2. The quantitative estimate of drug-likeness (QED) is 0.523. The van der Waals surface area contributed by atoms with Gasteiger partial charge in [0.05, 0.1) is 22.0 Å². The van der Waals surface area contributed by atoms with Gasteiger partial charge in [0.25, 0.3) is 0 Å². The molecule has 0 aliphatic carbocycles. The first-order valence-electron chi connectivity index (χ1n) is 9.03. The Kier molecular flexibility index (Phi) is 8.24. The molecule has 8 nitrogen and oxygen atoms in total. The Morgan fingerprint density at radius 2 is 1.59 bits per heavy atom. The minimum Gasteiger partial charge on any atom is -0.326 e. The average molecular weight is 493 g/mol. The highest BCUT2D eigenvalue weighted by molar-refractivity contribution is 7.89. The first-order chi connectivity index (χ1) is 14.8. The summed E-state index contributed by atoms with van der Waals surface area (Å²) in [7, 11) is -2.27. The second-order valence-electron chi connectivity index (χ2n) is 6.85. The number of amides is 2. The molecule has 0 heterocycles. The molecule has 2 rings (SSSR count). The van der Waals surface area contributed by atoms with Crippen molar-refractivity contribution in [2.75, 3.05) is 30.8 Å². The van der Waals surface area contributed by atoms with E-state index in [1.165, 1.54) is 35.2 Å². The van der Waals surface area contributed by atoms with Crippen LogP contribution in [0.2, 0.25) is 5.02 Å². The van der Waals surface area contributed by atoms with E-state index in [2.05, 4.69) is 10.6 Å².